The Morgan fingerprint density at radius 3 is 2.86 bits per heavy atom. The minimum absolute atomic E-state index is 0.218. The maximum atomic E-state index is 13.8. The van der Waals surface area contributed by atoms with Gasteiger partial charge in [-0.05, 0) is 44.0 Å². The predicted molar refractivity (Wildman–Crippen MR) is 78.3 cm³/mol. The predicted octanol–water partition coefficient (Wildman–Crippen LogP) is 3.15. The van der Waals surface area contributed by atoms with Crippen molar-refractivity contribution in [1.82, 2.24) is 15.5 Å². The van der Waals surface area contributed by atoms with Crippen molar-refractivity contribution in [1.29, 1.82) is 0 Å². The summed E-state index contributed by atoms with van der Waals surface area (Å²) in [4.78, 5) is 4.44. The fourth-order valence-electron chi connectivity index (χ4n) is 2.88. The number of hydrogen-bond donors (Lipinski definition) is 1. The molecule has 5 heteroatoms. The third-order valence-corrected chi connectivity index (χ3v) is 4.41. The van der Waals surface area contributed by atoms with Crippen molar-refractivity contribution in [2.75, 3.05) is 13.1 Å². The molecule has 1 N–H and O–H groups in total. The van der Waals surface area contributed by atoms with Gasteiger partial charge in [-0.1, -0.05) is 31.1 Å². The highest BCUT2D eigenvalue weighted by molar-refractivity contribution is 5.54. The molecule has 0 saturated carbocycles. The van der Waals surface area contributed by atoms with Crippen molar-refractivity contribution in [3.63, 3.8) is 0 Å². The summed E-state index contributed by atoms with van der Waals surface area (Å²) < 4.78 is 19.2. The number of benzene rings is 1. The van der Waals surface area contributed by atoms with Gasteiger partial charge in [-0.25, -0.2) is 4.39 Å². The molecule has 0 spiro atoms. The van der Waals surface area contributed by atoms with Crippen molar-refractivity contribution in [3.8, 4) is 11.4 Å². The summed E-state index contributed by atoms with van der Waals surface area (Å²) in [5.74, 6) is 1.01. The number of aromatic nitrogens is 2. The molecule has 1 saturated heterocycles. The Morgan fingerprint density at radius 1 is 1.33 bits per heavy atom. The Bertz CT molecular complexity index is 617. The van der Waals surface area contributed by atoms with E-state index in [9.17, 15) is 4.39 Å². The molecule has 1 aromatic heterocycles. The number of nitrogens with one attached hydrogen (secondary N) is 1. The summed E-state index contributed by atoms with van der Waals surface area (Å²) >= 11 is 0. The number of halogens is 1. The van der Waals surface area contributed by atoms with Gasteiger partial charge >= 0.3 is 0 Å². The molecule has 0 aliphatic carbocycles. The monoisotopic (exact) mass is 289 g/mol. The lowest BCUT2D eigenvalue weighted by Gasteiger charge is -2.34. The van der Waals surface area contributed by atoms with E-state index in [0.717, 1.165) is 25.9 Å². The first kappa shape index (κ1) is 14.2. The van der Waals surface area contributed by atoms with Crippen LogP contribution in [0.3, 0.4) is 0 Å². The molecule has 1 unspecified atom stereocenters. The molecule has 4 nitrogen and oxygen atoms in total. The first-order chi connectivity index (χ1) is 10.1. The number of hydrogen-bond acceptors (Lipinski definition) is 4. The average molecular weight is 289 g/mol. The molecule has 1 atom stereocenters. The Morgan fingerprint density at radius 2 is 2.14 bits per heavy atom. The largest absolute Gasteiger partial charge is 0.338 e. The summed E-state index contributed by atoms with van der Waals surface area (Å²) in [6, 6.07) is 6.49. The summed E-state index contributed by atoms with van der Waals surface area (Å²) in [5, 5.41) is 7.37. The minimum atomic E-state index is -0.331. The van der Waals surface area contributed by atoms with E-state index in [0.29, 0.717) is 23.2 Å². The van der Waals surface area contributed by atoms with Crippen LogP contribution in [0, 0.1) is 11.7 Å². The van der Waals surface area contributed by atoms with E-state index in [1.807, 2.05) is 0 Å². The van der Waals surface area contributed by atoms with Gasteiger partial charge in [-0.3, -0.25) is 0 Å². The fourth-order valence-corrected chi connectivity index (χ4v) is 2.88. The Kier molecular flexibility index (Phi) is 3.76. The standard InChI is InChI=1S/C16H20FN3O/c1-16(2,11-6-5-9-18-10-11)15-19-14(20-21-15)12-7-3-4-8-13(12)17/h3-4,7-8,11,18H,5-6,9-10H2,1-2H3. The second kappa shape index (κ2) is 5.56. The summed E-state index contributed by atoms with van der Waals surface area (Å²) in [7, 11) is 0. The van der Waals surface area contributed by atoms with E-state index in [1.54, 1.807) is 18.2 Å². The maximum absolute atomic E-state index is 13.8. The molecular weight excluding hydrogens is 269 g/mol. The average Bonchev–Trinajstić information content (AvgIpc) is 2.99. The van der Waals surface area contributed by atoms with Crippen molar-refractivity contribution in [2.24, 2.45) is 5.92 Å². The summed E-state index contributed by atoms with van der Waals surface area (Å²) in [6.07, 6.45) is 2.29. The van der Waals surface area contributed by atoms with Gasteiger partial charge in [0, 0.05) is 5.41 Å². The topological polar surface area (TPSA) is 51.0 Å². The number of piperidine rings is 1. The van der Waals surface area contributed by atoms with E-state index < -0.39 is 0 Å². The van der Waals surface area contributed by atoms with E-state index in [2.05, 4.69) is 29.3 Å². The zero-order valence-corrected chi connectivity index (χ0v) is 12.4. The van der Waals surface area contributed by atoms with Gasteiger partial charge in [0.2, 0.25) is 11.7 Å². The minimum Gasteiger partial charge on any atom is -0.338 e. The molecule has 1 aliphatic rings. The molecule has 0 radical (unpaired) electrons. The Labute approximate surface area is 123 Å². The van der Waals surface area contributed by atoms with Gasteiger partial charge in [0.05, 0.1) is 5.56 Å². The van der Waals surface area contributed by atoms with Crippen molar-refractivity contribution in [3.05, 3.63) is 36.0 Å². The quantitative estimate of drug-likeness (QED) is 0.943. The van der Waals surface area contributed by atoms with Gasteiger partial charge < -0.3 is 9.84 Å². The van der Waals surface area contributed by atoms with Gasteiger partial charge in [-0.2, -0.15) is 4.98 Å². The molecule has 3 rings (SSSR count). The van der Waals surface area contributed by atoms with E-state index in [-0.39, 0.29) is 11.2 Å². The first-order valence-electron chi connectivity index (χ1n) is 7.39. The molecule has 1 aliphatic heterocycles. The molecular formula is C16H20FN3O. The molecule has 112 valence electrons. The van der Waals surface area contributed by atoms with Crippen molar-refractivity contribution >= 4 is 0 Å². The van der Waals surface area contributed by atoms with Gasteiger partial charge in [0.15, 0.2) is 0 Å². The van der Waals surface area contributed by atoms with Crippen LogP contribution in [0.4, 0.5) is 4.39 Å². The lowest BCUT2D eigenvalue weighted by Crippen LogP contribution is -2.40. The third-order valence-electron chi connectivity index (χ3n) is 4.41. The van der Waals surface area contributed by atoms with Crippen LogP contribution in [0.15, 0.2) is 28.8 Å². The van der Waals surface area contributed by atoms with Crippen LogP contribution in [0.2, 0.25) is 0 Å². The van der Waals surface area contributed by atoms with Gasteiger partial charge in [0.1, 0.15) is 5.82 Å². The molecule has 2 aromatic rings. The highest BCUT2D eigenvalue weighted by Crippen LogP contribution is 2.35. The van der Waals surface area contributed by atoms with E-state index in [1.165, 1.54) is 6.07 Å². The second-order valence-electron chi connectivity index (χ2n) is 6.17. The molecule has 1 aromatic carbocycles. The lowest BCUT2D eigenvalue weighted by molar-refractivity contribution is 0.196. The molecule has 2 heterocycles. The van der Waals surface area contributed by atoms with Crippen LogP contribution in [0.25, 0.3) is 11.4 Å². The van der Waals surface area contributed by atoms with Crippen LogP contribution < -0.4 is 5.32 Å². The van der Waals surface area contributed by atoms with Crippen LogP contribution >= 0.6 is 0 Å². The SMILES string of the molecule is CC(C)(c1nc(-c2ccccc2F)no1)C1CCCNC1. The maximum Gasteiger partial charge on any atom is 0.232 e. The van der Waals surface area contributed by atoms with Crippen LogP contribution in [-0.4, -0.2) is 23.2 Å². The van der Waals surface area contributed by atoms with E-state index >= 15 is 0 Å². The zero-order chi connectivity index (χ0) is 14.9. The highest BCUT2D eigenvalue weighted by Gasteiger charge is 2.37. The zero-order valence-electron chi connectivity index (χ0n) is 12.4. The highest BCUT2D eigenvalue weighted by atomic mass is 19.1. The van der Waals surface area contributed by atoms with Crippen molar-refractivity contribution < 1.29 is 8.91 Å². The Balaban J connectivity index is 1.89. The fraction of sp³-hybridized carbons (Fsp3) is 0.500. The smallest absolute Gasteiger partial charge is 0.232 e. The van der Waals surface area contributed by atoms with Gasteiger partial charge in [0.25, 0.3) is 0 Å². The molecule has 0 amide bonds. The number of nitrogens with zero attached hydrogens (tertiary/aromatic N) is 2. The molecule has 0 bridgehead atoms. The van der Waals surface area contributed by atoms with E-state index in [4.69, 9.17) is 4.52 Å². The molecule has 1 fully saturated rings. The first-order valence-corrected chi connectivity index (χ1v) is 7.39. The lowest BCUT2D eigenvalue weighted by atomic mass is 9.75. The Hall–Kier alpha value is -1.75. The molecule has 21 heavy (non-hydrogen) atoms. The van der Waals surface area contributed by atoms with Crippen LogP contribution in [0.1, 0.15) is 32.6 Å². The summed E-state index contributed by atoms with van der Waals surface area (Å²) in [6.45, 7) is 6.24. The van der Waals surface area contributed by atoms with Crippen LogP contribution in [-0.2, 0) is 5.41 Å². The number of rotatable bonds is 3. The van der Waals surface area contributed by atoms with Crippen molar-refractivity contribution in [2.45, 2.75) is 32.1 Å². The normalized spacial score (nSPS) is 19.7. The summed E-state index contributed by atoms with van der Waals surface area (Å²) in [5.41, 5.74) is 0.161. The van der Waals surface area contributed by atoms with Gasteiger partial charge in [-0.15, -0.1) is 0 Å². The van der Waals surface area contributed by atoms with Crippen LogP contribution in [0.5, 0.6) is 0 Å². The third kappa shape index (κ3) is 2.70. The second-order valence-corrected chi connectivity index (χ2v) is 6.17.